The average Bonchev–Trinajstić information content (AvgIpc) is 3.06. The molecule has 1 aliphatic rings. The molecule has 2 heterocycles. The summed E-state index contributed by atoms with van der Waals surface area (Å²) < 4.78 is 5.41. The van der Waals surface area contributed by atoms with E-state index in [-0.39, 0.29) is 17.6 Å². The third kappa shape index (κ3) is 3.42. The van der Waals surface area contributed by atoms with Crippen LogP contribution in [0, 0.1) is 11.3 Å². The third-order valence-electron chi connectivity index (χ3n) is 2.71. The van der Waals surface area contributed by atoms with Gasteiger partial charge in [-0.1, -0.05) is 6.07 Å². The predicted molar refractivity (Wildman–Crippen MR) is 69.9 cm³/mol. The van der Waals surface area contributed by atoms with E-state index in [1.807, 2.05) is 23.6 Å². The Morgan fingerprint density at radius 1 is 1.72 bits per heavy atom. The molecule has 1 amide bonds. The number of nitriles is 1. The molecule has 0 radical (unpaired) electrons. The summed E-state index contributed by atoms with van der Waals surface area (Å²) in [7, 11) is 0. The van der Waals surface area contributed by atoms with E-state index < -0.39 is 0 Å². The van der Waals surface area contributed by atoms with Crippen LogP contribution in [0.2, 0.25) is 0 Å². The third-order valence-corrected chi connectivity index (χ3v) is 3.53. The maximum absolute atomic E-state index is 11.8. The van der Waals surface area contributed by atoms with Crippen molar-refractivity contribution in [1.82, 2.24) is 5.32 Å². The van der Waals surface area contributed by atoms with Crippen molar-refractivity contribution in [1.29, 1.82) is 5.26 Å². The Kier molecular flexibility index (Phi) is 4.51. The van der Waals surface area contributed by atoms with Crippen molar-refractivity contribution < 1.29 is 9.53 Å². The molecule has 4 nitrogen and oxygen atoms in total. The Bertz CT molecular complexity index is 468. The van der Waals surface area contributed by atoms with E-state index in [1.54, 1.807) is 6.08 Å². The van der Waals surface area contributed by atoms with E-state index >= 15 is 0 Å². The van der Waals surface area contributed by atoms with Crippen LogP contribution in [0.25, 0.3) is 6.08 Å². The zero-order valence-electron chi connectivity index (χ0n) is 9.89. The van der Waals surface area contributed by atoms with Crippen LogP contribution in [-0.4, -0.2) is 25.2 Å². The Morgan fingerprint density at radius 3 is 3.22 bits per heavy atom. The summed E-state index contributed by atoms with van der Waals surface area (Å²) in [5.41, 5.74) is 0.135. The monoisotopic (exact) mass is 262 g/mol. The summed E-state index contributed by atoms with van der Waals surface area (Å²) in [4.78, 5) is 12.7. The number of carbonyl (C=O) groups is 1. The second-order valence-electron chi connectivity index (χ2n) is 4.03. The standard InChI is InChI=1S/C13H14N2O2S/c14-8-10(7-12-4-2-6-18-12)13(16)15-9-11-3-1-5-17-11/h2,4,6-7,11H,1,3,5,9H2,(H,15,16)/b10-7+/t11-/m1/s1. The highest BCUT2D eigenvalue weighted by atomic mass is 32.1. The fourth-order valence-corrected chi connectivity index (χ4v) is 2.43. The lowest BCUT2D eigenvalue weighted by atomic mass is 10.2. The molecule has 0 spiro atoms. The molecule has 1 aromatic heterocycles. The molecule has 5 heteroatoms. The van der Waals surface area contributed by atoms with Crippen molar-refractivity contribution in [3.05, 3.63) is 28.0 Å². The lowest BCUT2D eigenvalue weighted by Gasteiger charge is -2.09. The molecular weight excluding hydrogens is 248 g/mol. The van der Waals surface area contributed by atoms with Gasteiger partial charge < -0.3 is 10.1 Å². The maximum atomic E-state index is 11.8. The summed E-state index contributed by atoms with van der Waals surface area (Å²) in [5.74, 6) is -0.332. The number of thiophene rings is 1. The number of nitrogens with zero attached hydrogens (tertiary/aromatic N) is 1. The van der Waals surface area contributed by atoms with Gasteiger partial charge >= 0.3 is 0 Å². The van der Waals surface area contributed by atoms with Crippen molar-refractivity contribution in [2.24, 2.45) is 0 Å². The minimum absolute atomic E-state index is 0.0932. The van der Waals surface area contributed by atoms with Crippen molar-refractivity contribution >= 4 is 23.3 Å². The van der Waals surface area contributed by atoms with Crippen LogP contribution >= 0.6 is 11.3 Å². The minimum atomic E-state index is -0.332. The van der Waals surface area contributed by atoms with Crippen LogP contribution in [0.3, 0.4) is 0 Å². The van der Waals surface area contributed by atoms with Crippen molar-refractivity contribution in [3.8, 4) is 6.07 Å². The molecule has 1 saturated heterocycles. The van der Waals surface area contributed by atoms with Gasteiger partial charge in [0.2, 0.25) is 0 Å². The molecule has 0 saturated carbocycles. The molecule has 0 aliphatic carbocycles. The number of rotatable bonds is 4. The fraction of sp³-hybridized carbons (Fsp3) is 0.385. The topological polar surface area (TPSA) is 62.1 Å². The van der Waals surface area contributed by atoms with Gasteiger partial charge in [-0.25, -0.2) is 0 Å². The molecule has 1 aliphatic heterocycles. The number of carbonyl (C=O) groups excluding carboxylic acids is 1. The van der Waals surface area contributed by atoms with Gasteiger partial charge in [0.25, 0.3) is 5.91 Å². The number of ether oxygens (including phenoxy) is 1. The summed E-state index contributed by atoms with van der Waals surface area (Å²) in [6.45, 7) is 1.24. The summed E-state index contributed by atoms with van der Waals surface area (Å²) in [6, 6.07) is 5.69. The molecule has 1 N–H and O–H groups in total. The normalized spacial score (nSPS) is 19.5. The maximum Gasteiger partial charge on any atom is 0.262 e. The average molecular weight is 262 g/mol. The molecule has 1 aromatic rings. The number of amides is 1. The molecule has 94 valence electrons. The van der Waals surface area contributed by atoms with E-state index in [9.17, 15) is 4.79 Å². The van der Waals surface area contributed by atoms with E-state index in [0.717, 1.165) is 24.3 Å². The number of nitrogens with one attached hydrogen (secondary N) is 1. The molecular formula is C13H14N2O2S. The van der Waals surface area contributed by atoms with Gasteiger partial charge in [0, 0.05) is 18.0 Å². The van der Waals surface area contributed by atoms with Crippen molar-refractivity contribution in [2.75, 3.05) is 13.2 Å². The molecule has 0 bridgehead atoms. The van der Waals surface area contributed by atoms with Crippen LogP contribution in [0.15, 0.2) is 23.1 Å². The molecule has 2 rings (SSSR count). The largest absolute Gasteiger partial charge is 0.376 e. The van der Waals surface area contributed by atoms with E-state index in [0.29, 0.717) is 6.54 Å². The van der Waals surface area contributed by atoms with Crippen LogP contribution in [-0.2, 0) is 9.53 Å². The highest BCUT2D eigenvalue weighted by Gasteiger charge is 2.17. The minimum Gasteiger partial charge on any atom is -0.376 e. The van der Waals surface area contributed by atoms with Gasteiger partial charge in [-0.15, -0.1) is 11.3 Å². The Balaban J connectivity index is 1.91. The highest BCUT2D eigenvalue weighted by Crippen LogP contribution is 2.14. The first kappa shape index (κ1) is 12.8. The van der Waals surface area contributed by atoms with E-state index in [4.69, 9.17) is 10.00 Å². The van der Waals surface area contributed by atoms with Gasteiger partial charge in [-0.2, -0.15) is 5.26 Å². The van der Waals surface area contributed by atoms with Crippen molar-refractivity contribution in [3.63, 3.8) is 0 Å². The molecule has 0 unspecified atom stereocenters. The molecule has 1 atom stereocenters. The SMILES string of the molecule is N#C/C(=C\c1cccs1)C(=O)NC[C@H]1CCCO1. The molecule has 0 aromatic carbocycles. The second kappa shape index (κ2) is 6.34. The highest BCUT2D eigenvalue weighted by molar-refractivity contribution is 7.10. The van der Waals surface area contributed by atoms with E-state index in [1.165, 1.54) is 11.3 Å². The van der Waals surface area contributed by atoms with Crippen LogP contribution in [0.4, 0.5) is 0 Å². The van der Waals surface area contributed by atoms with Gasteiger partial charge in [0.15, 0.2) is 0 Å². The van der Waals surface area contributed by atoms with Gasteiger partial charge in [0.1, 0.15) is 11.6 Å². The first-order chi connectivity index (χ1) is 8.79. The summed E-state index contributed by atoms with van der Waals surface area (Å²) in [6.07, 6.45) is 3.71. The van der Waals surface area contributed by atoms with E-state index in [2.05, 4.69) is 5.32 Å². The lowest BCUT2D eigenvalue weighted by molar-refractivity contribution is -0.117. The first-order valence-corrected chi connectivity index (χ1v) is 6.72. The first-order valence-electron chi connectivity index (χ1n) is 5.84. The zero-order valence-corrected chi connectivity index (χ0v) is 10.7. The summed E-state index contributed by atoms with van der Waals surface area (Å²) in [5, 5.41) is 13.6. The van der Waals surface area contributed by atoms with Gasteiger partial charge in [-0.3, -0.25) is 4.79 Å². The lowest BCUT2D eigenvalue weighted by Crippen LogP contribution is -2.32. The van der Waals surface area contributed by atoms with Crippen molar-refractivity contribution in [2.45, 2.75) is 18.9 Å². The predicted octanol–water partition coefficient (Wildman–Crippen LogP) is 1.95. The smallest absolute Gasteiger partial charge is 0.262 e. The second-order valence-corrected chi connectivity index (χ2v) is 5.01. The quantitative estimate of drug-likeness (QED) is 0.666. The number of hydrogen-bond donors (Lipinski definition) is 1. The zero-order chi connectivity index (χ0) is 12.8. The van der Waals surface area contributed by atoms with Gasteiger partial charge in [-0.05, 0) is 30.4 Å². The van der Waals surface area contributed by atoms with Crippen LogP contribution < -0.4 is 5.32 Å². The molecule has 18 heavy (non-hydrogen) atoms. The Hall–Kier alpha value is -1.64. The summed E-state index contributed by atoms with van der Waals surface area (Å²) >= 11 is 1.50. The number of hydrogen-bond acceptors (Lipinski definition) is 4. The molecule has 1 fully saturated rings. The van der Waals surface area contributed by atoms with Crippen LogP contribution in [0.1, 0.15) is 17.7 Å². The Labute approximate surface area is 110 Å². The van der Waals surface area contributed by atoms with Crippen LogP contribution in [0.5, 0.6) is 0 Å². The van der Waals surface area contributed by atoms with Gasteiger partial charge in [0.05, 0.1) is 6.10 Å². The fourth-order valence-electron chi connectivity index (χ4n) is 1.77. The Morgan fingerprint density at radius 2 is 2.61 bits per heavy atom.